The number of aliphatic carboxylic acids is 1. The van der Waals surface area contributed by atoms with Crippen molar-refractivity contribution in [2.24, 2.45) is 0 Å². The van der Waals surface area contributed by atoms with Crippen LogP contribution in [0.4, 0.5) is 5.69 Å². The number of carboxylic acids is 1. The number of carboxylic acid groups (broad SMARTS) is 1. The average molecular weight is 278 g/mol. The molecule has 100 valence electrons. The van der Waals surface area contributed by atoms with Gasteiger partial charge in [0.25, 0.3) is 0 Å². The zero-order chi connectivity index (χ0) is 13.8. The number of aromatic amines is 1. The van der Waals surface area contributed by atoms with Gasteiger partial charge in [0, 0.05) is 25.3 Å². The molecule has 0 aliphatic carbocycles. The maximum atomic E-state index is 10.5. The number of H-pyrrole nitrogens is 1. The topological polar surface area (TPSA) is 82.1 Å². The van der Waals surface area contributed by atoms with Crippen molar-refractivity contribution in [3.05, 3.63) is 24.3 Å². The van der Waals surface area contributed by atoms with Crippen molar-refractivity contribution in [2.75, 3.05) is 24.7 Å². The van der Waals surface area contributed by atoms with Gasteiger partial charge in [-0.1, -0.05) is 11.8 Å². The second kappa shape index (κ2) is 5.75. The van der Waals surface area contributed by atoms with E-state index >= 15 is 0 Å². The summed E-state index contributed by atoms with van der Waals surface area (Å²) in [5.41, 5.74) is 2.02. The third kappa shape index (κ3) is 3.47. The SMILES string of the molecule is CN(C)c1ccc(-c2nc(SCC(=O)O)n[nH]2)cc1. The van der Waals surface area contributed by atoms with Gasteiger partial charge in [-0.15, -0.1) is 5.10 Å². The van der Waals surface area contributed by atoms with Gasteiger partial charge in [0.05, 0.1) is 5.75 Å². The van der Waals surface area contributed by atoms with Crippen LogP contribution in [0.1, 0.15) is 0 Å². The van der Waals surface area contributed by atoms with Crippen molar-refractivity contribution in [2.45, 2.75) is 5.16 Å². The summed E-state index contributed by atoms with van der Waals surface area (Å²) in [6, 6.07) is 7.87. The molecule has 0 saturated carbocycles. The van der Waals surface area contributed by atoms with Gasteiger partial charge in [0.15, 0.2) is 5.82 Å². The summed E-state index contributed by atoms with van der Waals surface area (Å²) in [6.07, 6.45) is 0. The van der Waals surface area contributed by atoms with Crippen molar-refractivity contribution >= 4 is 23.4 Å². The first kappa shape index (κ1) is 13.4. The lowest BCUT2D eigenvalue weighted by molar-refractivity contribution is -0.133. The zero-order valence-corrected chi connectivity index (χ0v) is 11.4. The van der Waals surface area contributed by atoms with Crippen LogP contribution in [-0.2, 0) is 4.79 Å². The predicted octanol–water partition coefficient (Wildman–Crippen LogP) is 1.71. The van der Waals surface area contributed by atoms with Crippen LogP contribution in [-0.4, -0.2) is 46.1 Å². The van der Waals surface area contributed by atoms with E-state index in [0.29, 0.717) is 11.0 Å². The van der Waals surface area contributed by atoms with Gasteiger partial charge in [0.1, 0.15) is 0 Å². The predicted molar refractivity (Wildman–Crippen MR) is 74.5 cm³/mol. The van der Waals surface area contributed by atoms with Crippen LogP contribution in [0.5, 0.6) is 0 Å². The van der Waals surface area contributed by atoms with E-state index in [1.54, 1.807) is 0 Å². The third-order valence-corrected chi connectivity index (χ3v) is 3.28. The number of hydrogen-bond donors (Lipinski definition) is 2. The summed E-state index contributed by atoms with van der Waals surface area (Å²) < 4.78 is 0. The van der Waals surface area contributed by atoms with Crippen molar-refractivity contribution in [3.8, 4) is 11.4 Å². The van der Waals surface area contributed by atoms with Crippen LogP contribution >= 0.6 is 11.8 Å². The minimum Gasteiger partial charge on any atom is -0.481 e. The van der Waals surface area contributed by atoms with E-state index in [0.717, 1.165) is 23.0 Å². The summed E-state index contributed by atoms with van der Waals surface area (Å²) in [5, 5.41) is 15.8. The van der Waals surface area contributed by atoms with E-state index in [4.69, 9.17) is 5.11 Å². The molecule has 1 aromatic heterocycles. The molecule has 6 nitrogen and oxygen atoms in total. The molecule has 0 amide bonds. The molecule has 0 bridgehead atoms. The number of thioether (sulfide) groups is 1. The fraction of sp³-hybridized carbons (Fsp3) is 0.250. The number of rotatable bonds is 5. The Labute approximate surface area is 114 Å². The van der Waals surface area contributed by atoms with E-state index in [9.17, 15) is 4.79 Å². The molecule has 0 aliphatic rings. The zero-order valence-electron chi connectivity index (χ0n) is 10.6. The number of hydrogen-bond acceptors (Lipinski definition) is 5. The lowest BCUT2D eigenvalue weighted by atomic mass is 10.2. The first-order chi connectivity index (χ1) is 9.06. The maximum absolute atomic E-state index is 10.5. The fourth-order valence-electron chi connectivity index (χ4n) is 1.48. The number of carbonyl (C=O) groups is 1. The summed E-state index contributed by atoms with van der Waals surface area (Å²) in [6.45, 7) is 0. The number of nitrogens with one attached hydrogen (secondary N) is 1. The largest absolute Gasteiger partial charge is 0.481 e. The number of anilines is 1. The molecule has 2 N–H and O–H groups in total. The van der Waals surface area contributed by atoms with E-state index < -0.39 is 5.97 Å². The molecule has 7 heteroatoms. The van der Waals surface area contributed by atoms with Gasteiger partial charge >= 0.3 is 5.97 Å². The van der Waals surface area contributed by atoms with E-state index in [2.05, 4.69) is 15.2 Å². The Morgan fingerprint density at radius 1 is 1.37 bits per heavy atom. The first-order valence-corrected chi connectivity index (χ1v) is 6.59. The Morgan fingerprint density at radius 3 is 2.63 bits per heavy atom. The molecule has 0 spiro atoms. The minimum atomic E-state index is -0.883. The Balaban J connectivity index is 2.11. The van der Waals surface area contributed by atoms with Crippen LogP contribution < -0.4 is 4.90 Å². The van der Waals surface area contributed by atoms with Crippen LogP contribution in [0.2, 0.25) is 0 Å². The van der Waals surface area contributed by atoms with Crippen LogP contribution in [0.3, 0.4) is 0 Å². The molecule has 0 aliphatic heterocycles. The molecular formula is C12H14N4O2S. The fourth-order valence-corrected chi connectivity index (χ4v) is 2.00. The Kier molecular flexibility index (Phi) is 4.06. The average Bonchev–Trinajstić information content (AvgIpc) is 2.85. The summed E-state index contributed by atoms with van der Waals surface area (Å²) in [5.74, 6) is -0.290. The quantitative estimate of drug-likeness (QED) is 0.810. The summed E-state index contributed by atoms with van der Waals surface area (Å²) >= 11 is 1.09. The van der Waals surface area contributed by atoms with Crippen molar-refractivity contribution in [1.29, 1.82) is 0 Å². The number of benzene rings is 1. The molecular weight excluding hydrogens is 264 g/mol. The monoisotopic (exact) mass is 278 g/mol. The highest BCUT2D eigenvalue weighted by molar-refractivity contribution is 7.99. The Bertz CT molecular complexity index is 565. The molecule has 19 heavy (non-hydrogen) atoms. The van der Waals surface area contributed by atoms with E-state index in [1.165, 1.54) is 0 Å². The lowest BCUT2D eigenvalue weighted by Gasteiger charge is -2.11. The van der Waals surface area contributed by atoms with Gasteiger partial charge in [-0.05, 0) is 24.3 Å². The van der Waals surface area contributed by atoms with Gasteiger partial charge < -0.3 is 10.0 Å². The van der Waals surface area contributed by atoms with Gasteiger partial charge in [-0.2, -0.15) is 0 Å². The maximum Gasteiger partial charge on any atom is 0.313 e. The molecule has 1 aromatic carbocycles. The van der Waals surface area contributed by atoms with Crippen molar-refractivity contribution in [1.82, 2.24) is 15.2 Å². The van der Waals surface area contributed by atoms with Crippen LogP contribution in [0.15, 0.2) is 29.4 Å². The van der Waals surface area contributed by atoms with Gasteiger partial charge in [0.2, 0.25) is 5.16 Å². The molecule has 0 fully saturated rings. The molecule has 0 saturated heterocycles. The Morgan fingerprint density at radius 2 is 2.05 bits per heavy atom. The van der Waals surface area contributed by atoms with Crippen LogP contribution in [0.25, 0.3) is 11.4 Å². The first-order valence-electron chi connectivity index (χ1n) is 5.61. The van der Waals surface area contributed by atoms with Crippen molar-refractivity contribution in [3.63, 3.8) is 0 Å². The standard InChI is InChI=1S/C12H14N4O2S/c1-16(2)9-5-3-8(4-6-9)11-13-12(15-14-11)19-7-10(17)18/h3-6H,7H2,1-2H3,(H,17,18)(H,13,14,15). The third-order valence-electron chi connectivity index (χ3n) is 2.45. The molecule has 0 radical (unpaired) electrons. The highest BCUT2D eigenvalue weighted by Crippen LogP contribution is 2.21. The van der Waals surface area contributed by atoms with Gasteiger partial charge in [-0.25, -0.2) is 4.98 Å². The summed E-state index contributed by atoms with van der Waals surface area (Å²) in [4.78, 5) is 16.7. The van der Waals surface area contributed by atoms with E-state index in [-0.39, 0.29) is 5.75 Å². The second-order valence-electron chi connectivity index (χ2n) is 4.09. The van der Waals surface area contributed by atoms with Gasteiger partial charge in [-0.3, -0.25) is 9.89 Å². The van der Waals surface area contributed by atoms with Crippen LogP contribution in [0, 0.1) is 0 Å². The molecule has 0 unspecified atom stereocenters. The normalized spacial score (nSPS) is 10.4. The number of nitrogens with zero attached hydrogens (tertiary/aromatic N) is 3. The smallest absolute Gasteiger partial charge is 0.313 e. The molecule has 0 atom stereocenters. The van der Waals surface area contributed by atoms with Crippen molar-refractivity contribution < 1.29 is 9.90 Å². The number of aromatic nitrogens is 3. The minimum absolute atomic E-state index is 0.0448. The van der Waals surface area contributed by atoms with E-state index in [1.807, 2.05) is 43.3 Å². The summed E-state index contributed by atoms with van der Waals surface area (Å²) in [7, 11) is 3.95. The Hall–Kier alpha value is -2.02. The molecule has 2 aromatic rings. The molecule has 1 heterocycles. The second-order valence-corrected chi connectivity index (χ2v) is 5.03. The lowest BCUT2D eigenvalue weighted by Crippen LogP contribution is -2.07. The highest BCUT2D eigenvalue weighted by atomic mass is 32.2. The molecule has 2 rings (SSSR count). The highest BCUT2D eigenvalue weighted by Gasteiger charge is 2.08.